The van der Waals surface area contributed by atoms with Gasteiger partial charge < -0.3 is 10.6 Å². The predicted molar refractivity (Wildman–Crippen MR) is 80.7 cm³/mol. The number of nitrogens with zero attached hydrogens (tertiary/aromatic N) is 1. The molecule has 0 aliphatic heterocycles. The zero-order chi connectivity index (χ0) is 14.1. The van der Waals surface area contributed by atoms with Gasteiger partial charge in [0.15, 0.2) is 0 Å². The van der Waals surface area contributed by atoms with Crippen LogP contribution in [0.15, 0.2) is 5.38 Å². The van der Waals surface area contributed by atoms with Crippen LogP contribution >= 0.6 is 11.3 Å². The van der Waals surface area contributed by atoms with Crippen molar-refractivity contribution < 1.29 is 4.79 Å². The summed E-state index contributed by atoms with van der Waals surface area (Å²) < 4.78 is 0. The number of urea groups is 1. The lowest BCUT2D eigenvalue weighted by atomic mass is 10.1. The van der Waals surface area contributed by atoms with Crippen LogP contribution in [0.3, 0.4) is 0 Å². The van der Waals surface area contributed by atoms with Gasteiger partial charge in [0.05, 0.1) is 10.7 Å². The third-order valence-corrected chi connectivity index (χ3v) is 3.77. The van der Waals surface area contributed by atoms with Gasteiger partial charge in [-0.2, -0.15) is 0 Å². The Hall–Kier alpha value is -1.10. The summed E-state index contributed by atoms with van der Waals surface area (Å²) in [6.07, 6.45) is 5.47. The molecule has 1 unspecified atom stereocenters. The van der Waals surface area contributed by atoms with Crippen molar-refractivity contribution in [1.82, 2.24) is 15.6 Å². The van der Waals surface area contributed by atoms with Crippen molar-refractivity contribution in [1.29, 1.82) is 0 Å². The fourth-order valence-electron chi connectivity index (χ4n) is 1.87. The average Bonchev–Trinajstić information content (AvgIpc) is 2.75. The molecular formula is C14H25N3OS. The Morgan fingerprint density at radius 2 is 2.26 bits per heavy atom. The topological polar surface area (TPSA) is 54.0 Å². The Balaban J connectivity index is 2.10. The molecule has 108 valence electrons. The summed E-state index contributed by atoms with van der Waals surface area (Å²) in [6.45, 7) is 6.87. The average molecular weight is 283 g/mol. The Bertz CT molecular complexity index is 379. The van der Waals surface area contributed by atoms with Crippen LogP contribution in [-0.4, -0.2) is 23.6 Å². The highest BCUT2D eigenvalue weighted by molar-refractivity contribution is 7.09. The molecule has 0 fully saturated rings. The number of aromatic nitrogens is 1. The first-order chi connectivity index (χ1) is 9.11. The molecule has 0 bridgehead atoms. The minimum absolute atomic E-state index is 0.0732. The van der Waals surface area contributed by atoms with E-state index in [9.17, 15) is 4.79 Å². The molecular weight excluding hydrogens is 258 g/mol. The molecule has 2 N–H and O–H groups in total. The van der Waals surface area contributed by atoms with Crippen LogP contribution in [0.25, 0.3) is 0 Å². The molecule has 1 aromatic heterocycles. The number of carbonyl (C=O) groups is 1. The van der Waals surface area contributed by atoms with E-state index in [0.29, 0.717) is 6.54 Å². The lowest BCUT2D eigenvalue weighted by Gasteiger charge is -2.14. The minimum Gasteiger partial charge on any atom is -0.338 e. The van der Waals surface area contributed by atoms with Crippen molar-refractivity contribution in [3.8, 4) is 0 Å². The maximum atomic E-state index is 11.6. The van der Waals surface area contributed by atoms with Crippen molar-refractivity contribution in [2.24, 2.45) is 0 Å². The van der Waals surface area contributed by atoms with Gasteiger partial charge in [0.25, 0.3) is 0 Å². The summed E-state index contributed by atoms with van der Waals surface area (Å²) in [5.41, 5.74) is 1.05. The largest absolute Gasteiger partial charge is 0.338 e. The SMILES string of the molecule is CCCCCC(C)NC(=O)NCCc1csc(C)n1. The Labute approximate surface area is 120 Å². The van der Waals surface area contributed by atoms with Gasteiger partial charge in [0.2, 0.25) is 0 Å². The lowest BCUT2D eigenvalue weighted by Crippen LogP contribution is -2.41. The summed E-state index contributed by atoms with van der Waals surface area (Å²) in [4.78, 5) is 16.0. The third kappa shape index (κ3) is 7.15. The first-order valence-electron chi connectivity index (χ1n) is 7.07. The summed E-state index contributed by atoms with van der Waals surface area (Å²) in [6, 6.07) is 0.170. The second-order valence-electron chi connectivity index (χ2n) is 4.90. The van der Waals surface area contributed by atoms with Gasteiger partial charge in [0.1, 0.15) is 0 Å². The van der Waals surface area contributed by atoms with Gasteiger partial charge in [-0.3, -0.25) is 0 Å². The molecule has 1 heterocycles. The standard InChI is InChI=1S/C14H25N3OS/c1-4-5-6-7-11(2)16-14(18)15-9-8-13-10-19-12(3)17-13/h10-11H,4-9H2,1-3H3,(H2,15,16,18). The van der Waals surface area contributed by atoms with Gasteiger partial charge in [-0.25, -0.2) is 9.78 Å². The van der Waals surface area contributed by atoms with Gasteiger partial charge in [-0.15, -0.1) is 11.3 Å². The normalized spacial score (nSPS) is 12.2. The van der Waals surface area contributed by atoms with Crippen LogP contribution in [0.2, 0.25) is 0 Å². The molecule has 0 saturated heterocycles. The van der Waals surface area contributed by atoms with Crippen LogP contribution < -0.4 is 10.6 Å². The van der Waals surface area contributed by atoms with Crippen molar-refractivity contribution in [2.75, 3.05) is 6.54 Å². The van der Waals surface area contributed by atoms with E-state index in [-0.39, 0.29) is 12.1 Å². The molecule has 5 heteroatoms. The number of amides is 2. The highest BCUT2D eigenvalue weighted by atomic mass is 32.1. The van der Waals surface area contributed by atoms with Crippen molar-refractivity contribution >= 4 is 17.4 Å². The van der Waals surface area contributed by atoms with E-state index in [4.69, 9.17) is 0 Å². The highest BCUT2D eigenvalue weighted by Gasteiger charge is 2.06. The van der Waals surface area contributed by atoms with Crippen LogP contribution in [0, 0.1) is 6.92 Å². The molecule has 1 aromatic rings. The third-order valence-electron chi connectivity index (χ3n) is 2.95. The second kappa shape index (κ2) is 8.91. The molecule has 2 amide bonds. The summed E-state index contributed by atoms with van der Waals surface area (Å²) in [5, 5.41) is 8.96. The van der Waals surface area contributed by atoms with Gasteiger partial charge in [-0.05, 0) is 20.3 Å². The Kier molecular flexibility index (Phi) is 7.48. The van der Waals surface area contributed by atoms with Gasteiger partial charge in [-0.1, -0.05) is 26.2 Å². The fourth-order valence-corrected chi connectivity index (χ4v) is 2.52. The van der Waals surface area contributed by atoms with E-state index in [1.54, 1.807) is 11.3 Å². The predicted octanol–water partition coefficient (Wildman–Crippen LogP) is 3.26. The maximum Gasteiger partial charge on any atom is 0.315 e. The number of nitrogens with one attached hydrogen (secondary N) is 2. The highest BCUT2D eigenvalue weighted by Crippen LogP contribution is 2.07. The van der Waals surface area contributed by atoms with Crippen molar-refractivity contribution in [3.63, 3.8) is 0 Å². The Morgan fingerprint density at radius 3 is 2.89 bits per heavy atom. The number of rotatable bonds is 8. The number of hydrogen-bond acceptors (Lipinski definition) is 3. The fraction of sp³-hybridized carbons (Fsp3) is 0.714. The molecule has 0 aromatic carbocycles. The summed E-state index contributed by atoms with van der Waals surface area (Å²) in [5.74, 6) is 0. The van der Waals surface area contributed by atoms with Gasteiger partial charge >= 0.3 is 6.03 Å². The number of hydrogen-bond donors (Lipinski definition) is 2. The maximum absolute atomic E-state index is 11.6. The van der Waals surface area contributed by atoms with E-state index in [1.807, 2.05) is 12.3 Å². The molecule has 1 rings (SSSR count). The smallest absolute Gasteiger partial charge is 0.315 e. The van der Waals surface area contributed by atoms with Gasteiger partial charge in [0, 0.05) is 24.4 Å². The molecule has 0 aliphatic carbocycles. The lowest BCUT2D eigenvalue weighted by molar-refractivity contribution is 0.237. The van der Waals surface area contributed by atoms with Crippen LogP contribution in [0.5, 0.6) is 0 Å². The first-order valence-corrected chi connectivity index (χ1v) is 7.95. The van der Waals surface area contributed by atoms with E-state index in [0.717, 1.165) is 23.5 Å². The zero-order valence-electron chi connectivity index (χ0n) is 12.2. The monoisotopic (exact) mass is 283 g/mol. The van der Waals surface area contributed by atoms with Crippen LogP contribution in [0.4, 0.5) is 4.79 Å². The second-order valence-corrected chi connectivity index (χ2v) is 5.97. The molecule has 0 radical (unpaired) electrons. The van der Waals surface area contributed by atoms with Crippen LogP contribution in [-0.2, 0) is 6.42 Å². The quantitative estimate of drug-likeness (QED) is 0.719. The molecule has 4 nitrogen and oxygen atoms in total. The molecule has 0 saturated carbocycles. The minimum atomic E-state index is -0.0732. The van der Waals surface area contributed by atoms with Crippen LogP contribution in [0.1, 0.15) is 50.2 Å². The van der Waals surface area contributed by atoms with E-state index in [2.05, 4.69) is 29.5 Å². The molecule has 0 spiro atoms. The number of aryl methyl sites for hydroxylation is 1. The summed E-state index contributed by atoms with van der Waals surface area (Å²) in [7, 11) is 0. The molecule has 1 atom stereocenters. The number of thiazole rings is 1. The first kappa shape index (κ1) is 16.0. The van der Waals surface area contributed by atoms with E-state index >= 15 is 0 Å². The van der Waals surface area contributed by atoms with E-state index in [1.165, 1.54) is 19.3 Å². The summed E-state index contributed by atoms with van der Waals surface area (Å²) >= 11 is 1.65. The number of unbranched alkanes of at least 4 members (excludes halogenated alkanes) is 2. The molecule has 19 heavy (non-hydrogen) atoms. The van der Waals surface area contributed by atoms with Crippen molar-refractivity contribution in [3.05, 3.63) is 16.1 Å². The zero-order valence-corrected chi connectivity index (χ0v) is 13.0. The number of carbonyl (C=O) groups excluding carboxylic acids is 1. The van der Waals surface area contributed by atoms with E-state index < -0.39 is 0 Å². The molecule has 0 aliphatic rings. The Morgan fingerprint density at radius 1 is 1.47 bits per heavy atom. The van der Waals surface area contributed by atoms with Crippen molar-refractivity contribution in [2.45, 2.75) is 58.9 Å².